The van der Waals surface area contributed by atoms with Crippen molar-refractivity contribution in [2.24, 2.45) is 0 Å². The largest absolute Gasteiger partial charge is 0.493 e. The molecule has 0 atom stereocenters. The van der Waals surface area contributed by atoms with E-state index in [0.717, 1.165) is 18.7 Å². The normalized spacial score (nSPS) is 19.2. The number of aryl methyl sites for hydroxylation is 1. The number of methoxy groups -OCH3 is 1. The van der Waals surface area contributed by atoms with Gasteiger partial charge in [-0.1, -0.05) is 6.92 Å². The van der Waals surface area contributed by atoms with Crippen molar-refractivity contribution in [3.05, 3.63) is 11.9 Å². The summed E-state index contributed by atoms with van der Waals surface area (Å²) in [6.45, 7) is 4.04. The maximum absolute atomic E-state index is 10.7. The van der Waals surface area contributed by atoms with E-state index in [1.807, 2.05) is 4.68 Å². The van der Waals surface area contributed by atoms with Gasteiger partial charge in [-0.3, -0.25) is 4.68 Å². The molecule has 1 fully saturated rings. The van der Waals surface area contributed by atoms with Crippen LogP contribution in [-0.4, -0.2) is 35.2 Å². The van der Waals surface area contributed by atoms with Gasteiger partial charge in [0.1, 0.15) is 11.3 Å². The number of hydrogen-bond donors (Lipinski definition) is 1. The van der Waals surface area contributed by atoms with Crippen LogP contribution in [0.25, 0.3) is 0 Å². The van der Waals surface area contributed by atoms with Crippen molar-refractivity contribution < 1.29 is 14.6 Å². The zero-order chi connectivity index (χ0) is 12.3. The first kappa shape index (κ1) is 12.4. The van der Waals surface area contributed by atoms with Gasteiger partial charge < -0.3 is 14.6 Å². The Morgan fingerprint density at radius 3 is 2.82 bits per heavy atom. The van der Waals surface area contributed by atoms with Crippen LogP contribution in [0.15, 0.2) is 6.20 Å². The van der Waals surface area contributed by atoms with Gasteiger partial charge in [-0.2, -0.15) is 5.10 Å². The number of aromatic nitrogens is 2. The zero-order valence-corrected chi connectivity index (χ0v) is 10.5. The van der Waals surface area contributed by atoms with Crippen molar-refractivity contribution in [1.29, 1.82) is 0 Å². The van der Waals surface area contributed by atoms with Crippen molar-refractivity contribution in [1.82, 2.24) is 9.78 Å². The summed E-state index contributed by atoms with van der Waals surface area (Å²) in [6, 6.07) is 0. The zero-order valence-electron chi connectivity index (χ0n) is 10.5. The summed E-state index contributed by atoms with van der Waals surface area (Å²) in [5, 5.41) is 15.0. The molecule has 0 aliphatic carbocycles. The SMILES string of the molecule is CCCn1ncc(OC)c1C1(O)CCOCC1. The first-order chi connectivity index (χ1) is 8.21. The lowest BCUT2D eigenvalue weighted by molar-refractivity contribution is -0.0741. The smallest absolute Gasteiger partial charge is 0.162 e. The fraction of sp³-hybridized carbons (Fsp3) is 0.750. The van der Waals surface area contributed by atoms with Gasteiger partial charge in [-0.25, -0.2) is 0 Å². The minimum Gasteiger partial charge on any atom is -0.493 e. The fourth-order valence-electron chi connectivity index (χ4n) is 2.31. The molecule has 17 heavy (non-hydrogen) atoms. The van der Waals surface area contributed by atoms with Gasteiger partial charge in [0, 0.05) is 32.6 Å². The lowest BCUT2D eigenvalue weighted by Gasteiger charge is -2.32. The van der Waals surface area contributed by atoms with Gasteiger partial charge >= 0.3 is 0 Å². The third kappa shape index (κ3) is 2.30. The molecule has 1 aliphatic rings. The molecule has 0 spiro atoms. The molecular formula is C12H20N2O3. The molecule has 0 aromatic carbocycles. The van der Waals surface area contributed by atoms with E-state index >= 15 is 0 Å². The number of hydrogen-bond acceptors (Lipinski definition) is 4. The Morgan fingerprint density at radius 1 is 1.53 bits per heavy atom. The maximum Gasteiger partial charge on any atom is 0.162 e. The van der Waals surface area contributed by atoms with Gasteiger partial charge in [0.25, 0.3) is 0 Å². The van der Waals surface area contributed by atoms with E-state index in [-0.39, 0.29) is 0 Å². The molecule has 1 aliphatic heterocycles. The third-order valence-corrected chi connectivity index (χ3v) is 3.22. The summed E-state index contributed by atoms with van der Waals surface area (Å²) in [7, 11) is 1.61. The van der Waals surface area contributed by atoms with E-state index in [4.69, 9.17) is 9.47 Å². The quantitative estimate of drug-likeness (QED) is 0.862. The molecule has 0 bridgehead atoms. The molecule has 0 amide bonds. The van der Waals surface area contributed by atoms with Crippen molar-refractivity contribution in [2.45, 2.75) is 38.3 Å². The lowest BCUT2D eigenvalue weighted by atomic mass is 9.90. The average Bonchev–Trinajstić information content (AvgIpc) is 2.74. The Hall–Kier alpha value is -1.07. The summed E-state index contributed by atoms with van der Waals surface area (Å²) in [6.07, 6.45) is 3.85. The number of nitrogens with zero attached hydrogens (tertiary/aromatic N) is 2. The molecule has 5 nitrogen and oxygen atoms in total. The molecule has 2 heterocycles. The van der Waals surface area contributed by atoms with Gasteiger partial charge in [-0.05, 0) is 6.42 Å². The van der Waals surface area contributed by atoms with Gasteiger partial charge in [0.2, 0.25) is 0 Å². The molecule has 1 aromatic rings. The van der Waals surface area contributed by atoms with Crippen LogP contribution in [-0.2, 0) is 16.9 Å². The van der Waals surface area contributed by atoms with Crippen molar-refractivity contribution in [3.63, 3.8) is 0 Å². The van der Waals surface area contributed by atoms with E-state index in [1.54, 1.807) is 13.3 Å². The Labute approximate surface area is 101 Å². The Morgan fingerprint density at radius 2 is 2.24 bits per heavy atom. The lowest BCUT2D eigenvalue weighted by Crippen LogP contribution is -2.36. The van der Waals surface area contributed by atoms with E-state index in [1.165, 1.54) is 0 Å². The van der Waals surface area contributed by atoms with Gasteiger partial charge in [-0.15, -0.1) is 0 Å². The van der Waals surface area contributed by atoms with Crippen molar-refractivity contribution in [2.75, 3.05) is 20.3 Å². The first-order valence-corrected chi connectivity index (χ1v) is 6.11. The third-order valence-electron chi connectivity index (χ3n) is 3.22. The highest BCUT2D eigenvalue weighted by Crippen LogP contribution is 2.37. The minimum absolute atomic E-state index is 0.580. The Kier molecular flexibility index (Phi) is 3.69. The molecule has 1 aromatic heterocycles. The number of rotatable bonds is 4. The van der Waals surface area contributed by atoms with Gasteiger partial charge in [0.05, 0.1) is 13.3 Å². The molecule has 2 rings (SSSR count). The summed E-state index contributed by atoms with van der Waals surface area (Å²) >= 11 is 0. The predicted molar refractivity (Wildman–Crippen MR) is 63.0 cm³/mol. The predicted octanol–water partition coefficient (Wildman–Crippen LogP) is 1.30. The highest BCUT2D eigenvalue weighted by atomic mass is 16.5. The summed E-state index contributed by atoms with van der Waals surface area (Å²) in [5.41, 5.74) is -0.0694. The van der Waals surface area contributed by atoms with E-state index in [9.17, 15) is 5.11 Å². The molecule has 1 N–H and O–H groups in total. The molecule has 5 heteroatoms. The molecule has 0 unspecified atom stereocenters. The van der Waals surface area contributed by atoms with Crippen LogP contribution in [0.2, 0.25) is 0 Å². The molecular weight excluding hydrogens is 220 g/mol. The highest BCUT2D eigenvalue weighted by Gasteiger charge is 2.37. The van der Waals surface area contributed by atoms with Crippen LogP contribution in [0.5, 0.6) is 5.75 Å². The molecule has 1 saturated heterocycles. The highest BCUT2D eigenvalue weighted by molar-refractivity contribution is 5.31. The summed E-state index contributed by atoms with van der Waals surface area (Å²) < 4.78 is 12.5. The molecule has 96 valence electrons. The molecule has 0 radical (unpaired) electrons. The van der Waals surface area contributed by atoms with Crippen LogP contribution in [0, 0.1) is 0 Å². The minimum atomic E-state index is -0.866. The first-order valence-electron chi connectivity index (χ1n) is 6.11. The van der Waals surface area contributed by atoms with Crippen LogP contribution >= 0.6 is 0 Å². The van der Waals surface area contributed by atoms with Crippen LogP contribution in [0.4, 0.5) is 0 Å². The topological polar surface area (TPSA) is 56.5 Å². The van der Waals surface area contributed by atoms with E-state index < -0.39 is 5.60 Å². The van der Waals surface area contributed by atoms with Crippen LogP contribution < -0.4 is 4.74 Å². The Bertz CT molecular complexity index is 370. The van der Waals surface area contributed by atoms with E-state index in [2.05, 4.69) is 12.0 Å². The number of ether oxygens (including phenoxy) is 2. The second-order valence-corrected chi connectivity index (χ2v) is 4.43. The van der Waals surface area contributed by atoms with Crippen molar-refractivity contribution in [3.8, 4) is 5.75 Å². The second-order valence-electron chi connectivity index (χ2n) is 4.43. The summed E-state index contributed by atoms with van der Waals surface area (Å²) in [5.74, 6) is 0.669. The maximum atomic E-state index is 10.7. The van der Waals surface area contributed by atoms with Crippen LogP contribution in [0.3, 0.4) is 0 Å². The standard InChI is InChI=1S/C12H20N2O3/c1-3-6-14-11(10(16-2)9-13-14)12(15)4-7-17-8-5-12/h9,15H,3-8H2,1-2H3. The van der Waals surface area contributed by atoms with Crippen LogP contribution in [0.1, 0.15) is 31.9 Å². The monoisotopic (exact) mass is 240 g/mol. The van der Waals surface area contributed by atoms with Gasteiger partial charge in [0.15, 0.2) is 5.75 Å². The Balaban J connectivity index is 2.36. The van der Waals surface area contributed by atoms with Crippen molar-refractivity contribution >= 4 is 0 Å². The summed E-state index contributed by atoms with van der Waals surface area (Å²) in [4.78, 5) is 0. The average molecular weight is 240 g/mol. The van der Waals surface area contributed by atoms with E-state index in [0.29, 0.717) is 31.8 Å². The number of aliphatic hydroxyl groups is 1. The fourth-order valence-corrected chi connectivity index (χ4v) is 2.31. The second kappa shape index (κ2) is 5.06. The molecule has 0 saturated carbocycles.